The first kappa shape index (κ1) is 11.0. The highest BCUT2D eigenvalue weighted by Crippen LogP contribution is 2.27. The third-order valence-electron chi connectivity index (χ3n) is 3.74. The largest absolute Gasteiger partial charge is 0.370 e. The number of benzene rings is 1. The van der Waals surface area contributed by atoms with Gasteiger partial charge in [-0.25, -0.2) is 4.39 Å². The molecule has 1 aromatic carbocycles. The van der Waals surface area contributed by atoms with Gasteiger partial charge in [0.2, 0.25) is 0 Å². The molecular weight excluding hydrogens is 215 g/mol. The maximum absolute atomic E-state index is 13.1. The van der Waals surface area contributed by atoms with Crippen molar-refractivity contribution in [2.24, 2.45) is 0 Å². The van der Waals surface area contributed by atoms with Gasteiger partial charge >= 0.3 is 0 Å². The van der Waals surface area contributed by atoms with E-state index in [2.05, 4.69) is 10.2 Å². The summed E-state index contributed by atoms with van der Waals surface area (Å²) in [5.74, 6) is -0.141. The van der Waals surface area contributed by atoms with Crippen molar-refractivity contribution in [1.29, 1.82) is 0 Å². The number of hydrogen-bond donors (Lipinski definition) is 1. The quantitative estimate of drug-likeness (QED) is 0.864. The Hall–Kier alpha value is -1.09. The van der Waals surface area contributed by atoms with Gasteiger partial charge in [0.05, 0.1) is 0 Å². The van der Waals surface area contributed by atoms with Gasteiger partial charge in [-0.2, -0.15) is 0 Å². The average molecular weight is 234 g/mol. The first-order chi connectivity index (χ1) is 8.22. The Bertz CT molecular complexity index is 415. The fraction of sp³-hybridized carbons (Fsp3) is 0.571. The molecule has 0 amide bonds. The summed E-state index contributed by atoms with van der Waals surface area (Å²) >= 11 is 0. The lowest BCUT2D eigenvalue weighted by molar-refractivity contribution is 0.548. The number of halogens is 1. The summed E-state index contributed by atoms with van der Waals surface area (Å²) in [6, 6.07) is 6.48. The molecule has 1 heterocycles. The Morgan fingerprint density at radius 2 is 2.06 bits per heavy atom. The van der Waals surface area contributed by atoms with E-state index >= 15 is 0 Å². The molecule has 1 atom stereocenters. The second-order valence-electron chi connectivity index (χ2n) is 5.30. The van der Waals surface area contributed by atoms with Crippen molar-refractivity contribution in [2.45, 2.75) is 38.3 Å². The van der Waals surface area contributed by atoms with Crippen molar-refractivity contribution >= 4 is 5.69 Å². The fourth-order valence-corrected chi connectivity index (χ4v) is 2.67. The molecule has 0 spiro atoms. The predicted molar refractivity (Wildman–Crippen MR) is 67.9 cm³/mol. The molecule has 17 heavy (non-hydrogen) atoms. The molecule has 1 aliphatic carbocycles. The maximum Gasteiger partial charge on any atom is 0.123 e. The highest BCUT2D eigenvalue weighted by atomic mass is 19.1. The van der Waals surface area contributed by atoms with Crippen LogP contribution in [0.3, 0.4) is 0 Å². The average Bonchev–Trinajstić information content (AvgIpc) is 2.96. The number of nitrogens with zero attached hydrogens (tertiary/aromatic N) is 1. The minimum atomic E-state index is -0.141. The van der Waals surface area contributed by atoms with E-state index in [1.807, 2.05) is 13.0 Å². The van der Waals surface area contributed by atoms with Crippen LogP contribution in [0.4, 0.5) is 10.1 Å². The van der Waals surface area contributed by atoms with Crippen molar-refractivity contribution in [3.05, 3.63) is 29.6 Å². The van der Waals surface area contributed by atoms with Gasteiger partial charge in [0.25, 0.3) is 0 Å². The monoisotopic (exact) mass is 234 g/mol. The van der Waals surface area contributed by atoms with E-state index in [4.69, 9.17) is 0 Å². The molecule has 1 N–H and O–H groups in total. The van der Waals surface area contributed by atoms with E-state index in [0.29, 0.717) is 6.04 Å². The van der Waals surface area contributed by atoms with Gasteiger partial charge in [0.15, 0.2) is 0 Å². The maximum atomic E-state index is 13.1. The van der Waals surface area contributed by atoms with Crippen molar-refractivity contribution in [1.82, 2.24) is 5.32 Å². The molecule has 2 aliphatic rings. The molecule has 3 rings (SSSR count). The van der Waals surface area contributed by atoms with Crippen LogP contribution in [0.1, 0.15) is 24.8 Å². The SMILES string of the molecule is Cc1cc(F)ccc1N1CCC(NC2CC2)C1. The number of aryl methyl sites for hydroxylation is 1. The Morgan fingerprint density at radius 3 is 2.76 bits per heavy atom. The van der Waals surface area contributed by atoms with Crippen LogP contribution in [0, 0.1) is 12.7 Å². The van der Waals surface area contributed by atoms with E-state index in [1.165, 1.54) is 24.9 Å². The van der Waals surface area contributed by atoms with Crippen LogP contribution in [0.2, 0.25) is 0 Å². The molecule has 1 aromatic rings. The number of rotatable bonds is 3. The van der Waals surface area contributed by atoms with Gasteiger partial charge in [0, 0.05) is 30.9 Å². The van der Waals surface area contributed by atoms with Crippen LogP contribution in [0.25, 0.3) is 0 Å². The van der Waals surface area contributed by atoms with E-state index in [1.54, 1.807) is 12.1 Å². The molecular formula is C14H19FN2. The van der Waals surface area contributed by atoms with Crippen LogP contribution >= 0.6 is 0 Å². The van der Waals surface area contributed by atoms with Gasteiger partial charge in [-0.05, 0) is 49.9 Å². The first-order valence-electron chi connectivity index (χ1n) is 6.49. The van der Waals surface area contributed by atoms with E-state index in [0.717, 1.165) is 24.7 Å². The molecule has 1 unspecified atom stereocenters. The summed E-state index contributed by atoms with van der Waals surface area (Å²) in [5, 5.41) is 3.67. The number of hydrogen-bond acceptors (Lipinski definition) is 2. The van der Waals surface area contributed by atoms with Gasteiger partial charge in [-0.3, -0.25) is 0 Å². The zero-order valence-electron chi connectivity index (χ0n) is 10.2. The van der Waals surface area contributed by atoms with Crippen LogP contribution in [0.15, 0.2) is 18.2 Å². The van der Waals surface area contributed by atoms with Crippen molar-refractivity contribution in [3.63, 3.8) is 0 Å². The van der Waals surface area contributed by atoms with Gasteiger partial charge in [0.1, 0.15) is 5.82 Å². The van der Waals surface area contributed by atoms with Gasteiger partial charge in [-0.1, -0.05) is 0 Å². The minimum Gasteiger partial charge on any atom is -0.370 e. The van der Waals surface area contributed by atoms with Crippen LogP contribution in [0.5, 0.6) is 0 Å². The van der Waals surface area contributed by atoms with E-state index in [9.17, 15) is 4.39 Å². The second kappa shape index (κ2) is 4.30. The second-order valence-corrected chi connectivity index (χ2v) is 5.30. The highest BCUT2D eigenvalue weighted by molar-refractivity contribution is 5.54. The summed E-state index contributed by atoms with van der Waals surface area (Å²) in [5.41, 5.74) is 2.23. The van der Waals surface area contributed by atoms with E-state index in [-0.39, 0.29) is 5.82 Å². The van der Waals surface area contributed by atoms with Crippen LogP contribution < -0.4 is 10.2 Å². The molecule has 3 heteroatoms. The highest BCUT2D eigenvalue weighted by Gasteiger charge is 2.29. The first-order valence-corrected chi connectivity index (χ1v) is 6.49. The Morgan fingerprint density at radius 1 is 1.24 bits per heavy atom. The summed E-state index contributed by atoms with van der Waals surface area (Å²) in [7, 11) is 0. The number of nitrogens with one attached hydrogen (secondary N) is 1. The summed E-state index contributed by atoms with van der Waals surface area (Å²) in [6.07, 6.45) is 3.88. The summed E-state index contributed by atoms with van der Waals surface area (Å²) in [6.45, 7) is 4.12. The van der Waals surface area contributed by atoms with Crippen LogP contribution in [-0.2, 0) is 0 Å². The minimum absolute atomic E-state index is 0.141. The fourth-order valence-electron chi connectivity index (χ4n) is 2.67. The third-order valence-corrected chi connectivity index (χ3v) is 3.74. The molecule has 2 nitrogen and oxygen atoms in total. The van der Waals surface area contributed by atoms with Gasteiger partial charge in [-0.15, -0.1) is 0 Å². The molecule has 1 saturated carbocycles. The van der Waals surface area contributed by atoms with E-state index < -0.39 is 0 Å². The normalized spacial score (nSPS) is 24.4. The van der Waals surface area contributed by atoms with Crippen molar-refractivity contribution in [2.75, 3.05) is 18.0 Å². The Balaban J connectivity index is 1.68. The zero-order valence-corrected chi connectivity index (χ0v) is 10.2. The van der Waals surface area contributed by atoms with Crippen molar-refractivity contribution < 1.29 is 4.39 Å². The molecule has 92 valence electrons. The molecule has 0 aromatic heterocycles. The standard InChI is InChI=1S/C14H19FN2/c1-10-8-11(15)2-5-14(10)17-7-6-13(9-17)16-12-3-4-12/h2,5,8,12-13,16H,3-4,6-7,9H2,1H3. The lowest BCUT2D eigenvalue weighted by atomic mass is 10.2. The predicted octanol–water partition coefficient (Wildman–Crippen LogP) is 2.46. The Kier molecular flexibility index (Phi) is 2.79. The lowest BCUT2D eigenvalue weighted by Gasteiger charge is -2.21. The van der Waals surface area contributed by atoms with Crippen LogP contribution in [-0.4, -0.2) is 25.2 Å². The van der Waals surface area contributed by atoms with Crippen molar-refractivity contribution in [3.8, 4) is 0 Å². The van der Waals surface area contributed by atoms with Gasteiger partial charge < -0.3 is 10.2 Å². The Labute approximate surface area is 102 Å². The number of anilines is 1. The summed E-state index contributed by atoms with van der Waals surface area (Å²) in [4.78, 5) is 2.37. The molecule has 0 radical (unpaired) electrons. The third kappa shape index (κ3) is 2.44. The molecule has 1 saturated heterocycles. The topological polar surface area (TPSA) is 15.3 Å². The zero-order chi connectivity index (χ0) is 11.8. The molecule has 0 bridgehead atoms. The molecule has 2 fully saturated rings. The molecule has 1 aliphatic heterocycles. The lowest BCUT2D eigenvalue weighted by Crippen LogP contribution is -2.34. The summed E-state index contributed by atoms with van der Waals surface area (Å²) < 4.78 is 13.1. The smallest absolute Gasteiger partial charge is 0.123 e.